The zero-order chi connectivity index (χ0) is 17.6. The smallest absolute Gasteiger partial charge is 0.341 e. The third kappa shape index (κ3) is 1.80. The van der Waals surface area contributed by atoms with E-state index in [1.54, 1.807) is 18.2 Å². The van der Waals surface area contributed by atoms with Crippen molar-refractivity contribution in [2.24, 2.45) is 0 Å². The van der Waals surface area contributed by atoms with Crippen molar-refractivity contribution in [3.8, 4) is 6.07 Å². The zero-order valence-corrected chi connectivity index (χ0v) is 12.5. The third-order valence-electron chi connectivity index (χ3n) is 3.95. The van der Waals surface area contributed by atoms with Crippen LogP contribution in [0.3, 0.4) is 0 Å². The van der Waals surface area contributed by atoms with E-state index >= 15 is 0 Å². The van der Waals surface area contributed by atoms with Gasteiger partial charge in [0.15, 0.2) is 11.6 Å². The molecule has 0 saturated carbocycles. The topological polar surface area (TPSA) is 136 Å². The molecular formula is C17H11N3O4. The Bertz CT molecular complexity index is 986. The first kappa shape index (κ1) is 15.2. The Balaban J connectivity index is 2.46. The Labute approximate surface area is 136 Å². The summed E-state index contributed by atoms with van der Waals surface area (Å²) in [5.41, 5.74) is 10.8. The number of ether oxygens (including phenoxy) is 1. The molecule has 1 aliphatic carbocycles. The summed E-state index contributed by atoms with van der Waals surface area (Å²) in [5.74, 6) is -1.95. The van der Waals surface area contributed by atoms with Crippen molar-refractivity contribution >= 4 is 28.9 Å². The molecule has 2 aromatic carbocycles. The average molecular weight is 321 g/mol. The Morgan fingerprint density at radius 2 is 1.54 bits per heavy atom. The number of nitrogens with two attached hydrogens (primary N) is 2. The second-order valence-electron chi connectivity index (χ2n) is 5.13. The summed E-state index contributed by atoms with van der Waals surface area (Å²) in [6.45, 7) is 0. The molecule has 0 amide bonds. The van der Waals surface area contributed by atoms with Crippen molar-refractivity contribution < 1.29 is 19.1 Å². The number of hydrogen-bond acceptors (Lipinski definition) is 7. The van der Waals surface area contributed by atoms with E-state index in [0.29, 0.717) is 0 Å². The van der Waals surface area contributed by atoms with Gasteiger partial charge < -0.3 is 16.2 Å². The van der Waals surface area contributed by atoms with Gasteiger partial charge in [-0.1, -0.05) is 24.3 Å². The fourth-order valence-electron chi connectivity index (χ4n) is 2.84. The molecule has 0 radical (unpaired) electrons. The van der Waals surface area contributed by atoms with Crippen molar-refractivity contribution in [3.63, 3.8) is 0 Å². The highest BCUT2D eigenvalue weighted by atomic mass is 16.5. The summed E-state index contributed by atoms with van der Waals surface area (Å²) in [6.07, 6.45) is 0. The van der Waals surface area contributed by atoms with Crippen molar-refractivity contribution in [3.05, 3.63) is 57.6 Å². The molecule has 0 saturated heterocycles. The summed E-state index contributed by atoms with van der Waals surface area (Å²) in [6, 6.07) is 7.97. The minimum Gasteiger partial charge on any atom is -0.465 e. The lowest BCUT2D eigenvalue weighted by atomic mass is 9.80. The number of carbonyl (C=O) groups excluding carboxylic acids is 3. The van der Waals surface area contributed by atoms with Crippen LogP contribution in [0.15, 0.2) is 24.3 Å². The SMILES string of the molecule is COC(=O)c1c(N)c2c(c(N)c1C#N)C(=O)c1ccccc1C2=O. The van der Waals surface area contributed by atoms with Gasteiger partial charge in [-0.05, 0) is 0 Å². The second-order valence-corrected chi connectivity index (χ2v) is 5.13. The number of nitrogen functional groups attached to an aromatic ring is 2. The van der Waals surface area contributed by atoms with Crippen LogP contribution >= 0.6 is 0 Å². The van der Waals surface area contributed by atoms with Gasteiger partial charge in [0.2, 0.25) is 0 Å². The van der Waals surface area contributed by atoms with Crippen LogP contribution in [0.1, 0.15) is 47.8 Å². The number of ketones is 2. The van der Waals surface area contributed by atoms with Gasteiger partial charge in [-0.25, -0.2) is 4.79 Å². The third-order valence-corrected chi connectivity index (χ3v) is 3.95. The standard InChI is InChI=1S/C17H11N3O4/c1-24-17(23)10-9(6-18)13(19)11-12(14(10)20)16(22)8-5-3-2-4-7(8)15(11)21/h2-5H,19-20H2,1H3. The molecule has 0 bridgehead atoms. The first-order valence-corrected chi connectivity index (χ1v) is 6.85. The van der Waals surface area contributed by atoms with Gasteiger partial charge >= 0.3 is 5.97 Å². The van der Waals surface area contributed by atoms with Gasteiger partial charge in [0.25, 0.3) is 0 Å². The molecule has 24 heavy (non-hydrogen) atoms. The number of methoxy groups -OCH3 is 1. The highest BCUT2D eigenvalue weighted by molar-refractivity contribution is 6.33. The molecule has 0 heterocycles. The molecule has 2 aromatic rings. The Morgan fingerprint density at radius 3 is 2.00 bits per heavy atom. The molecule has 4 N–H and O–H groups in total. The maximum absolute atomic E-state index is 12.8. The number of nitrogens with zero attached hydrogens (tertiary/aromatic N) is 1. The van der Waals surface area contributed by atoms with Crippen LogP contribution in [0.25, 0.3) is 0 Å². The molecular weight excluding hydrogens is 310 g/mol. The number of fused-ring (bicyclic) bond motifs is 2. The van der Waals surface area contributed by atoms with E-state index in [1.165, 1.54) is 12.1 Å². The lowest BCUT2D eigenvalue weighted by Crippen LogP contribution is -2.26. The van der Waals surface area contributed by atoms with Crippen LogP contribution in [0.5, 0.6) is 0 Å². The number of carbonyl (C=O) groups is 3. The summed E-state index contributed by atoms with van der Waals surface area (Å²) >= 11 is 0. The van der Waals surface area contributed by atoms with Crippen molar-refractivity contribution in [1.82, 2.24) is 0 Å². The number of benzene rings is 2. The molecule has 7 heteroatoms. The van der Waals surface area contributed by atoms with E-state index in [-0.39, 0.29) is 44.8 Å². The predicted molar refractivity (Wildman–Crippen MR) is 84.6 cm³/mol. The minimum absolute atomic E-state index is 0.152. The summed E-state index contributed by atoms with van der Waals surface area (Å²) in [4.78, 5) is 37.5. The van der Waals surface area contributed by atoms with E-state index in [9.17, 15) is 19.6 Å². The van der Waals surface area contributed by atoms with Crippen molar-refractivity contribution in [2.45, 2.75) is 0 Å². The number of anilines is 2. The molecule has 3 rings (SSSR count). The molecule has 1 aliphatic rings. The Kier molecular flexibility index (Phi) is 3.31. The molecule has 7 nitrogen and oxygen atoms in total. The lowest BCUT2D eigenvalue weighted by molar-refractivity contribution is 0.0601. The van der Waals surface area contributed by atoms with Gasteiger partial charge in [-0.15, -0.1) is 0 Å². The van der Waals surface area contributed by atoms with Crippen LogP contribution in [0.2, 0.25) is 0 Å². The van der Waals surface area contributed by atoms with E-state index in [4.69, 9.17) is 11.5 Å². The van der Waals surface area contributed by atoms with Crippen LogP contribution < -0.4 is 11.5 Å². The number of rotatable bonds is 1. The fraction of sp³-hybridized carbons (Fsp3) is 0.0588. The number of esters is 1. The minimum atomic E-state index is -0.905. The molecule has 118 valence electrons. The second kappa shape index (κ2) is 5.21. The van der Waals surface area contributed by atoms with Gasteiger partial charge in [-0.3, -0.25) is 9.59 Å². The van der Waals surface area contributed by atoms with Crippen molar-refractivity contribution in [1.29, 1.82) is 5.26 Å². The van der Waals surface area contributed by atoms with Gasteiger partial charge in [-0.2, -0.15) is 5.26 Å². The number of hydrogen-bond donors (Lipinski definition) is 2. The molecule has 0 unspecified atom stereocenters. The predicted octanol–water partition coefficient (Wildman–Crippen LogP) is 1.28. The summed E-state index contributed by atoms with van der Waals surface area (Å²) < 4.78 is 4.62. The lowest BCUT2D eigenvalue weighted by Gasteiger charge is -2.22. The average Bonchev–Trinajstić information content (AvgIpc) is 2.60. The molecule has 0 spiro atoms. The van der Waals surface area contributed by atoms with E-state index in [1.807, 2.05) is 0 Å². The maximum atomic E-state index is 12.8. The first-order chi connectivity index (χ1) is 11.4. The Hall–Kier alpha value is -3.66. The van der Waals surface area contributed by atoms with Crippen LogP contribution in [-0.4, -0.2) is 24.6 Å². The Morgan fingerprint density at radius 1 is 1.04 bits per heavy atom. The van der Waals surface area contributed by atoms with Crippen LogP contribution in [0, 0.1) is 11.3 Å². The van der Waals surface area contributed by atoms with Gasteiger partial charge in [0.05, 0.1) is 35.2 Å². The van der Waals surface area contributed by atoms with E-state index < -0.39 is 17.5 Å². The van der Waals surface area contributed by atoms with Gasteiger partial charge in [0, 0.05) is 11.1 Å². The zero-order valence-electron chi connectivity index (χ0n) is 12.5. The van der Waals surface area contributed by atoms with Crippen LogP contribution in [0.4, 0.5) is 11.4 Å². The normalized spacial score (nSPS) is 12.2. The maximum Gasteiger partial charge on any atom is 0.341 e. The molecule has 0 aromatic heterocycles. The quantitative estimate of drug-likeness (QED) is 0.509. The monoisotopic (exact) mass is 321 g/mol. The molecule has 0 fully saturated rings. The largest absolute Gasteiger partial charge is 0.465 e. The summed E-state index contributed by atoms with van der Waals surface area (Å²) in [7, 11) is 1.11. The van der Waals surface area contributed by atoms with E-state index in [0.717, 1.165) is 7.11 Å². The highest BCUT2D eigenvalue weighted by Gasteiger charge is 2.37. The highest BCUT2D eigenvalue weighted by Crippen LogP contribution is 2.39. The van der Waals surface area contributed by atoms with Crippen molar-refractivity contribution in [2.75, 3.05) is 18.6 Å². The first-order valence-electron chi connectivity index (χ1n) is 6.85. The molecule has 0 aliphatic heterocycles. The summed E-state index contributed by atoms with van der Waals surface area (Å²) in [5, 5.41) is 9.33. The van der Waals surface area contributed by atoms with E-state index in [2.05, 4.69) is 4.74 Å². The fourth-order valence-corrected chi connectivity index (χ4v) is 2.84. The van der Waals surface area contributed by atoms with Crippen LogP contribution in [-0.2, 0) is 4.74 Å². The number of nitriles is 1. The molecule has 0 atom stereocenters. The van der Waals surface area contributed by atoms with Gasteiger partial charge in [0.1, 0.15) is 11.6 Å².